The van der Waals surface area contributed by atoms with Crippen LogP contribution < -0.4 is 4.74 Å². The van der Waals surface area contributed by atoms with E-state index < -0.39 is 0 Å². The molecule has 4 rings (SSSR count). The normalized spacial score (nSPS) is 11.8. The molecule has 0 atom stereocenters. The van der Waals surface area contributed by atoms with Gasteiger partial charge in [0.15, 0.2) is 0 Å². The Hall–Kier alpha value is -4.38. The molecular formula is C30H28N2O3. The van der Waals surface area contributed by atoms with Crippen molar-refractivity contribution in [2.24, 2.45) is 9.98 Å². The maximum Gasteiger partial charge on any atom is 0.224 e. The van der Waals surface area contributed by atoms with E-state index in [1.165, 1.54) is 0 Å². The molecule has 0 aliphatic heterocycles. The smallest absolute Gasteiger partial charge is 0.224 e. The summed E-state index contributed by atoms with van der Waals surface area (Å²) in [7, 11) is 4.91. The van der Waals surface area contributed by atoms with Crippen LogP contribution in [0.15, 0.2) is 107 Å². The molecule has 4 aromatic carbocycles. The average molecular weight is 465 g/mol. The summed E-state index contributed by atoms with van der Waals surface area (Å²) in [5.74, 6) is 1.76. The van der Waals surface area contributed by atoms with Crippen LogP contribution in [0.2, 0.25) is 0 Å². The van der Waals surface area contributed by atoms with Crippen molar-refractivity contribution in [2.45, 2.75) is 6.92 Å². The number of aliphatic imine (C=N–C) groups is 2. The van der Waals surface area contributed by atoms with E-state index in [0.29, 0.717) is 17.5 Å². The summed E-state index contributed by atoms with van der Waals surface area (Å²) >= 11 is 0. The quantitative estimate of drug-likeness (QED) is 0.225. The highest BCUT2D eigenvalue weighted by Crippen LogP contribution is 2.30. The number of para-hydroxylation sites is 2. The molecule has 0 saturated heterocycles. The Labute approximate surface area is 206 Å². The molecule has 0 radical (unpaired) electrons. The first-order valence-electron chi connectivity index (χ1n) is 11.3. The Morgan fingerprint density at radius 3 is 1.54 bits per heavy atom. The van der Waals surface area contributed by atoms with Gasteiger partial charge in [-0.2, -0.15) is 0 Å². The minimum absolute atomic E-state index is 0.494. The fourth-order valence-electron chi connectivity index (χ4n) is 3.80. The van der Waals surface area contributed by atoms with Gasteiger partial charge in [-0.15, -0.1) is 0 Å². The number of rotatable bonds is 6. The number of hydrogen-bond acceptors (Lipinski definition) is 5. The molecule has 0 aliphatic carbocycles. The molecule has 0 aliphatic rings. The van der Waals surface area contributed by atoms with Crippen molar-refractivity contribution in [3.63, 3.8) is 0 Å². The summed E-state index contributed by atoms with van der Waals surface area (Å²) in [6.07, 6.45) is 0. The maximum atomic E-state index is 5.70. The van der Waals surface area contributed by atoms with Gasteiger partial charge >= 0.3 is 0 Å². The number of nitrogens with zero attached hydrogens (tertiary/aromatic N) is 2. The lowest BCUT2D eigenvalue weighted by Gasteiger charge is -2.14. The van der Waals surface area contributed by atoms with Crippen LogP contribution in [-0.2, 0) is 9.47 Å². The third-order valence-corrected chi connectivity index (χ3v) is 5.58. The van der Waals surface area contributed by atoms with E-state index >= 15 is 0 Å². The lowest BCUT2D eigenvalue weighted by atomic mass is 9.98. The number of ether oxygens (including phenoxy) is 3. The summed E-state index contributed by atoms with van der Waals surface area (Å²) < 4.78 is 16.9. The third kappa shape index (κ3) is 5.58. The second kappa shape index (κ2) is 11.2. The van der Waals surface area contributed by atoms with Gasteiger partial charge in [-0.3, -0.25) is 0 Å². The lowest BCUT2D eigenvalue weighted by Crippen LogP contribution is -2.06. The molecular weight excluding hydrogens is 436 g/mol. The van der Waals surface area contributed by atoms with Crippen molar-refractivity contribution in [3.8, 4) is 16.9 Å². The third-order valence-electron chi connectivity index (χ3n) is 5.58. The van der Waals surface area contributed by atoms with Crippen molar-refractivity contribution >= 4 is 23.2 Å². The lowest BCUT2D eigenvalue weighted by molar-refractivity contribution is 0.391. The van der Waals surface area contributed by atoms with Gasteiger partial charge in [0, 0.05) is 5.56 Å². The van der Waals surface area contributed by atoms with Gasteiger partial charge in [0.2, 0.25) is 11.8 Å². The average Bonchev–Trinajstić information content (AvgIpc) is 2.91. The molecule has 0 heterocycles. The zero-order chi connectivity index (χ0) is 24.6. The predicted octanol–water partition coefficient (Wildman–Crippen LogP) is 7.12. The van der Waals surface area contributed by atoms with E-state index in [2.05, 4.69) is 29.0 Å². The highest BCUT2D eigenvalue weighted by Gasteiger charge is 2.14. The highest BCUT2D eigenvalue weighted by molar-refractivity contribution is 5.99. The minimum atomic E-state index is 0.494. The molecule has 0 spiro atoms. The standard InChI is InChI=1S/C30H28N2O3/c1-21-19-22(15-17-26(21)29(34-3)31-24-11-7-5-8-12-24)23-16-18-27(28(20-23)33-2)30(35-4)32-25-13-9-6-10-14-25/h5-20H,1-4H3/b31-29-,32-30-. The highest BCUT2D eigenvalue weighted by atomic mass is 16.5. The van der Waals surface area contributed by atoms with Gasteiger partial charge in [-0.25, -0.2) is 9.98 Å². The van der Waals surface area contributed by atoms with Crippen LogP contribution in [0, 0.1) is 6.92 Å². The van der Waals surface area contributed by atoms with Gasteiger partial charge in [-0.05, 0) is 66.1 Å². The predicted molar refractivity (Wildman–Crippen MR) is 142 cm³/mol. The van der Waals surface area contributed by atoms with Crippen LogP contribution in [0.1, 0.15) is 16.7 Å². The summed E-state index contributed by atoms with van der Waals surface area (Å²) in [6, 6.07) is 31.7. The van der Waals surface area contributed by atoms with Gasteiger partial charge in [0.1, 0.15) is 5.75 Å². The van der Waals surface area contributed by atoms with Crippen molar-refractivity contribution < 1.29 is 14.2 Å². The molecule has 176 valence electrons. The molecule has 0 bridgehead atoms. The van der Waals surface area contributed by atoms with Gasteiger partial charge in [0.25, 0.3) is 0 Å². The molecule has 0 aromatic heterocycles. The van der Waals surface area contributed by atoms with Gasteiger partial charge < -0.3 is 14.2 Å². The van der Waals surface area contributed by atoms with Crippen LogP contribution in [-0.4, -0.2) is 33.1 Å². The van der Waals surface area contributed by atoms with Crippen LogP contribution in [0.4, 0.5) is 11.4 Å². The van der Waals surface area contributed by atoms with Crippen LogP contribution >= 0.6 is 0 Å². The van der Waals surface area contributed by atoms with E-state index in [9.17, 15) is 0 Å². The van der Waals surface area contributed by atoms with Crippen LogP contribution in [0.5, 0.6) is 5.75 Å². The number of benzene rings is 4. The zero-order valence-corrected chi connectivity index (χ0v) is 20.4. The van der Waals surface area contributed by atoms with E-state index in [0.717, 1.165) is 39.2 Å². The largest absolute Gasteiger partial charge is 0.496 e. The zero-order valence-electron chi connectivity index (χ0n) is 20.4. The van der Waals surface area contributed by atoms with Crippen molar-refractivity contribution in [1.29, 1.82) is 0 Å². The van der Waals surface area contributed by atoms with E-state index in [-0.39, 0.29) is 0 Å². The summed E-state index contributed by atoms with van der Waals surface area (Å²) in [5.41, 5.74) is 6.53. The monoisotopic (exact) mass is 464 g/mol. The Balaban J connectivity index is 1.67. The first-order valence-corrected chi connectivity index (χ1v) is 11.3. The first kappa shape index (κ1) is 23.8. The molecule has 35 heavy (non-hydrogen) atoms. The SMILES string of the molecule is CO/C(=N\c1ccccc1)c1ccc(-c2ccc(/C(=N/c3ccccc3)OC)c(OC)c2)cc1C. The molecule has 0 N–H and O–H groups in total. The Kier molecular flexibility index (Phi) is 7.58. The molecule has 0 amide bonds. The molecule has 0 unspecified atom stereocenters. The van der Waals surface area contributed by atoms with Crippen LogP contribution in [0.3, 0.4) is 0 Å². The molecule has 5 nitrogen and oxygen atoms in total. The minimum Gasteiger partial charge on any atom is -0.496 e. The fraction of sp³-hybridized carbons (Fsp3) is 0.133. The molecule has 4 aromatic rings. The Bertz CT molecular complexity index is 1350. The Morgan fingerprint density at radius 2 is 1.06 bits per heavy atom. The van der Waals surface area contributed by atoms with E-state index in [1.54, 1.807) is 21.3 Å². The van der Waals surface area contributed by atoms with E-state index in [1.807, 2.05) is 84.9 Å². The summed E-state index contributed by atoms with van der Waals surface area (Å²) in [4.78, 5) is 9.29. The number of aryl methyl sites for hydroxylation is 1. The molecule has 0 fully saturated rings. The maximum absolute atomic E-state index is 5.70. The van der Waals surface area contributed by atoms with E-state index in [4.69, 9.17) is 14.2 Å². The second-order valence-corrected chi connectivity index (χ2v) is 7.86. The Morgan fingerprint density at radius 1 is 0.571 bits per heavy atom. The topological polar surface area (TPSA) is 52.4 Å². The number of methoxy groups -OCH3 is 3. The summed E-state index contributed by atoms with van der Waals surface area (Å²) in [5, 5.41) is 0. The van der Waals surface area contributed by atoms with Crippen molar-refractivity contribution in [1.82, 2.24) is 0 Å². The second-order valence-electron chi connectivity index (χ2n) is 7.86. The van der Waals surface area contributed by atoms with Crippen molar-refractivity contribution in [3.05, 3.63) is 114 Å². The first-order chi connectivity index (χ1) is 17.1. The molecule has 0 saturated carbocycles. The van der Waals surface area contributed by atoms with Gasteiger partial charge in [-0.1, -0.05) is 54.6 Å². The van der Waals surface area contributed by atoms with Crippen LogP contribution in [0.25, 0.3) is 11.1 Å². The number of hydrogen-bond donors (Lipinski definition) is 0. The van der Waals surface area contributed by atoms with Crippen molar-refractivity contribution in [2.75, 3.05) is 21.3 Å². The molecule has 5 heteroatoms. The van der Waals surface area contributed by atoms with Gasteiger partial charge in [0.05, 0.1) is 38.3 Å². The summed E-state index contributed by atoms with van der Waals surface area (Å²) in [6.45, 7) is 2.06. The fourth-order valence-corrected chi connectivity index (χ4v) is 3.80.